The number of nitrogen functional groups attached to an aromatic ring is 1. The third-order valence-corrected chi connectivity index (χ3v) is 6.15. The summed E-state index contributed by atoms with van der Waals surface area (Å²) in [4.78, 5) is 21.8. The molecule has 0 saturated carbocycles. The van der Waals surface area contributed by atoms with Crippen LogP contribution in [0.25, 0.3) is 0 Å². The fraction of sp³-hybridized carbons (Fsp3) is 0.692. The predicted molar refractivity (Wildman–Crippen MR) is 85.8 cm³/mol. The number of hydrogen-bond donors (Lipinski definition) is 1. The van der Waals surface area contributed by atoms with E-state index in [1.54, 1.807) is 0 Å². The zero-order valence-corrected chi connectivity index (χ0v) is 13.3. The Kier molecular flexibility index (Phi) is 4.07. The maximum atomic E-state index is 12.6. The van der Waals surface area contributed by atoms with E-state index < -0.39 is 0 Å². The van der Waals surface area contributed by atoms with Gasteiger partial charge in [0, 0.05) is 37.2 Å². The van der Waals surface area contributed by atoms with Crippen LogP contribution in [0.2, 0.25) is 0 Å². The van der Waals surface area contributed by atoms with Gasteiger partial charge < -0.3 is 15.5 Å². The molecule has 0 aromatic carbocycles. The number of carbonyl (C=O) groups is 1. The van der Waals surface area contributed by atoms with Crippen molar-refractivity contribution in [3.05, 3.63) is 4.88 Å². The molecule has 0 bridgehead atoms. The molecule has 3 rings (SSSR count). The lowest BCUT2D eigenvalue weighted by Crippen LogP contribution is -2.44. The van der Waals surface area contributed by atoms with E-state index in [1.165, 1.54) is 24.2 Å². The molecule has 2 fully saturated rings. The normalized spacial score (nSPS) is 23.4. The molecular weight excluding hydrogens is 292 g/mol. The molecule has 2 saturated heterocycles. The number of thioether (sulfide) groups is 1. The highest BCUT2D eigenvalue weighted by molar-refractivity contribution is 7.99. The Morgan fingerprint density at radius 2 is 2.10 bits per heavy atom. The van der Waals surface area contributed by atoms with Crippen LogP contribution >= 0.6 is 23.1 Å². The van der Waals surface area contributed by atoms with E-state index in [1.807, 2.05) is 16.7 Å². The Bertz CT molecular complexity index is 499. The monoisotopic (exact) mass is 312 g/mol. The number of nitrogens with zero attached hydrogens (tertiary/aromatic N) is 3. The Balaban J connectivity index is 1.80. The summed E-state index contributed by atoms with van der Waals surface area (Å²) in [6.07, 6.45) is 2.40. The van der Waals surface area contributed by atoms with E-state index in [4.69, 9.17) is 5.73 Å². The van der Waals surface area contributed by atoms with Crippen molar-refractivity contribution >= 4 is 40.0 Å². The van der Waals surface area contributed by atoms with E-state index in [9.17, 15) is 4.79 Å². The first-order valence-electron chi connectivity index (χ1n) is 7.07. The lowest BCUT2D eigenvalue weighted by atomic mass is 10.3. The molecule has 20 heavy (non-hydrogen) atoms. The second-order valence-corrected chi connectivity index (χ2v) is 7.45. The Labute approximate surface area is 127 Å². The van der Waals surface area contributed by atoms with Gasteiger partial charge in [0.15, 0.2) is 5.13 Å². The van der Waals surface area contributed by atoms with Gasteiger partial charge in [0.2, 0.25) is 0 Å². The Hall–Kier alpha value is -0.950. The molecule has 1 aromatic rings. The second-order valence-electron chi connectivity index (χ2n) is 5.33. The molecule has 3 heterocycles. The first-order chi connectivity index (χ1) is 9.66. The van der Waals surface area contributed by atoms with Gasteiger partial charge in [-0.3, -0.25) is 4.79 Å². The van der Waals surface area contributed by atoms with Crippen molar-refractivity contribution in [2.75, 3.05) is 41.8 Å². The molecule has 1 amide bonds. The molecule has 1 atom stereocenters. The second kappa shape index (κ2) is 5.81. The SMILES string of the molecule is CC1CSCCN1C(=O)c1sc(N2CCCC2)nc1N. The molecular formula is C13H20N4OS2. The van der Waals surface area contributed by atoms with Crippen LogP contribution in [0.1, 0.15) is 29.4 Å². The number of hydrogen-bond acceptors (Lipinski definition) is 6. The number of carbonyl (C=O) groups excluding carboxylic acids is 1. The fourth-order valence-electron chi connectivity index (χ4n) is 2.68. The summed E-state index contributed by atoms with van der Waals surface area (Å²) < 4.78 is 0. The summed E-state index contributed by atoms with van der Waals surface area (Å²) in [6, 6.07) is 0.276. The number of nitrogens with two attached hydrogens (primary N) is 1. The number of aromatic nitrogens is 1. The molecule has 7 heteroatoms. The van der Waals surface area contributed by atoms with Crippen LogP contribution in [0, 0.1) is 0 Å². The van der Waals surface area contributed by atoms with E-state index in [2.05, 4.69) is 16.8 Å². The Morgan fingerprint density at radius 1 is 1.35 bits per heavy atom. The van der Waals surface area contributed by atoms with Crippen LogP contribution in [-0.4, -0.2) is 53.0 Å². The number of rotatable bonds is 2. The van der Waals surface area contributed by atoms with Crippen molar-refractivity contribution < 1.29 is 4.79 Å². The van der Waals surface area contributed by atoms with Crippen molar-refractivity contribution in [1.29, 1.82) is 0 Å². The highest BCUT2D eigenvalue weighted by atomic mass is 32.2. The zero-order chi connectivity index (χ0) is 14.1. The average Bonchev–Trinajstić information content (AvgIpc) is 3.07. The molecule has 5 nitrogen and oxygen atoms in total. The van der Waals surface area contributed by atoms with E-state index in [-0.39, 0.29) is 11.9 Å². The highest BCUT2D eigenvalue weighted by Gasteiger charge is 2.29. The van der Waals surface area contributed by atoms with Gasteiger partial charge in [-0.25, -0.2) is 4.98 Å². The van der Waals surface area contributed by atoms with Gasteiger partial charge in [-0.05, 0) is 19.8 Å². The van der Waals surface area contributed by atoms with Crippen LogP contribution in [-0.2, 0) is 0 Å². The number of amides is 1. The molecule has 0 aliphatic carbocycles. The minimum Gasteiger partial charge on any atom is -0.382 e. The number of thiazole rings is 1. The van der Waals surface area contributed by atoms with E-state index in [0.717, 1.165) is 36.3 Å². The lowest BCUT2D eigenvalue weighted by Gasteiger charge is -2.32. The van der Waals surface area contributed by atoms with Crippen molar-refractivity contribution in [2.45, 2.75) is 25.8 Å². The quantitative estimate of drug-likeness (QED) is 0.904. The van der Waals surface area contributed by atoms with Crippen LogP contribution in [0.15, 0.2) is 0 Å². The lowest BCUT2D eigenvalue weighted by molar-refractivity contribution is 0.0722. The van der Waals surface area contributed by atoms with Gasteiger partial charge in [-0.2, -0.15) is 11.8 Å². The summed E-state index contributed by atoms with van der Waals surface area (Å²) in [5.74, 6) is 2.46. The van der Waals surface area contributed by atoms with Gasteiger partial charge in [-0.1, -0.05) is 11.3 Å². The number of anilines is 2. The van der Waals surface area contributed by atoms with Gasteiger partial charge in [-0.15, -0.1) is 0 Å². The zero-order valence-electron chi connectivity index (χ0n) is 11.7. The maximum absolute atomic E-state index is 12.6. The largest absolute Gasteiger partial charge is 0.382 e. The van der Waals surface area contributed by atoms with Crippen molar-refractivity contribution in [2.24, 2.45) is 0 Å². The fourth-order valence-corrected chi connectivity index (χ4v) is 4.68. The van der Waals surface area contributed by atoms with Crippen LogP contribution < -0.4 is 10.6 Å². The minimum atomic E-state index is 0.0539. The highest BCUT2D eigenvalue weighted by Crippen LogP contribution is 2.32. The van der Waals surface area contributed by atoms with E-state index in [0.29, 0.717) is 10.7 Å². The summed E-state index contributed by atoms with van der Waals surface area (Å²) >= 11 is 3.36. The smallest absolute Gasteiger partial charge is 0.268 e. The Morgan fingerprint density at radius 3 is 2.80 bits per heavy atom. The summed E-state index contributed by atoms with van der Waals surface area (Å²) in [7, 11) is 0. The summed E-state index contributed by atoms with van der Waals surface area (Å²) in [6.45, 7) is 4.96. The molecule has 1 unspecified atom stereocenters. The molecule has 2 aliphatic rings. The first kappa shape index (κ1) is 14.0. The predicted octanol–water partition coefficient (Wildman–Crippen LogP) is 1.90. The van der Waals surface area contributed by atoms with E-state index >= 15 is 0 Å². The first-order valence-corrected chi connectivity index (χ1v) is 9.04. The summed E-state index contributed by atoms with van der Waals surface area (Å²) in [5, 5.41) is 0.905. The topological polar surface area (TPSA) is 62.5 Å². The average molecular weight is 312 g/mol. The molecule has 1 aromatic heterocycles. The van der Waals surface area contributed by atoms with Gasteiger partial charge in [0.25, 0.3) is 5.91 Å². The molecule has 2 N–H and O–H groups in total. The standard InChI is InChI=1S/C13H20N4OS2/c1-9-8-19-7-6-17(9)12(18)10-11(14)15-13(20-10)16-4-2-3-5-16/h9H,2-8,14H2,1H3. The van der Waals surface area contributed by atoms with Crippen LogP contribution in [0.3, 0.4) is 0 Å². The van der Waals surface area contributed by atoms with Crippen LogP contribution in [0.5, 0.6) is 0 Å². The van der Waals surface area contributed by atoms with Crippen molar-refractivity contribution in [1.82, 2.24) is 9.88 Å². The van der Waals surface area contributed by atoms with Gasteiger partial charge >= 0.3 is 0 Å². The van der Waals surface area contributed by atoms with Crippen molar-refractivity contribution in [3.8, 4) is 0 Å². The van der Waals surface area contributed by atoms with Gasteiger partial charge in [0.1, 0.15) is 10.7 Å². The molecule has 2 aliphatic heterocycles. The summed E-state index contributed by atoms with van der Waals surface area (Å²) in [5.41, 5.74) is 5.98. The molecule has 110 valence electrons. The van der Waals surface area contributed by atoms with Crippen LogP contribution in [0.4, 0.5) is 10.9 Å². The third-order valence-electron chi connectivity index (χ3n) is 3.84. The minimum absolute atomic E-state index is 0.0539. The maximum Gasteiger partial charge on any atom is 0.268 e. The van der Waals surface area contributed by atoms with Crippen molar-refractivity contribution in [3.63, 3.8) is 0 Å². The van der Waals surface area contributed by atoms with Gasteiger partial charge in [0.05, 0.1) is 0 Å². The third kappa shape index (κ3) is 2.61. The molecule has 0 spiro atoms. The molecule has 0 radical (unpaired) electrons.